The summed E-state index contributed by atoms with van der Waals surface area (Å²) in [6.07, 6.45) is 2.67. The predicted octanol–water partition coefficient (Wildman–Crippen LogP) is 1.72. The number of nitrogens with one attached hydrogen (secondary N) is 1. The lowest BCUT2D eigenvalue weighted by molar-refractivity contribution is -0.118. The topological polar surface area (TPSA) is 68.0 Å². The van der Waals surface area contributed by atoms with E-state index in [9.17, 15) is 4.79 Å². The minimum atomic E-state index is -0.0649. The quantitative estimate of drug-likeness (QED) is 0.757. The van der Waals surface area contributed by atoms with Crippen LogP contribution in [0.3, 0.4) is 0 Å². The van der Waals surface area contributed by atoms with E-state index in [0.29, 0.717) is 5.75 Å². The van der Waals surface area contributed by atoms with Crippen molar-refractivity contribution in [2.45, 2.75) is 31.3 Å². The molecule has 1 rings (SSSR count). The van der Waals surface area contributed by atoms with Gasteiger partial charge in [0.2, 0.25) is 5.91 Å². The highest BCUT2D eigenvalue weighted by Gasteiger charge is 2.09. The first-order chi connectivity index (χ1) is 8.15. The zero-order chi connectivity index (χ0) is 12.7. The molecule has 0 aliphatic rings. The number of amides is 1. The van der Waals surface area contributed by atoms with Gasteiger partial charge in [-0.25, -0.2) is 4.98 Å². The molecular formula is C12H19N3OS. The molecule has 3 N–H and O–H groups in total. The van der Waals surface area contributed by atoms with Crippen molar-refractivity contribution in [3.8, 4) is 0 Å². The Labute approximate surface area is 106 Å². The van der Waals surface area contributed by atoms with Crippen molar-refractivity contribution >= 4 is 17.7 Å². The van der Waals surface area contributed by atoms with Gasteiger partial charge < -0.3 is 11.1 Å². The fourth-order valence-electron chi connectivity index (χ4n) is 1.32. The maximum absolute atomic E-state index is 11.5. The number of aromatic nitrogens is 1. The fourth-order valence-corrected chi connectivity index (χ4v) is 2.25. The number of nitrogens with zero attached hydrogens (tertiary/aromatic N) is 1. The maximum Gasteiger partial charge on any atom is 0.230 e. The van der Waals surface area contributed by atoms with E-state index in [1.54, 1.807) is 6.20 Å². The van der Waals surface area contributed by atoms with Crippen LogP contribution in [-0.2, 0) is 4.79 Å². The normalized spacial score (nSPS) is 12.2. The molecule has 1 aromatic rings. The van der Waals surface area contributed by atoms with Gasteiger partial charge in [-0.15, -0.1) is 0 Å². The second-order valence-corrected chi connectivity index (χ2v) is 4.79. The summed E-state index contributed by atoms with van der Waals surface area (Å²) in [6.45, 7) is 4.67. The van der Waals surface area contributed by atoms with Gasteiger partial charge in [-0.1, -0.05) is 24.8 Å². The van der Waals surface area contributed by atoms with Crippen molar-refractivity contribution < 1.29 is 4.79 Å². The standard InChI is InChI=1S/C12H19N3OS/c1-3-6-14-11(16)8-17-12-10(9(2)13)5-4-7-15-12/h4-5,7,9H,3,6,8,13H2,1-2H3,(H,14,16). The lowest BCUT2D eigenvalue weighted by Gasteiger charge is -2.10. The number of carbonyl (C=O) groups is 1. The van der Waals surface area contributed by atoms with Gasteiger partial charge in [0, 0.05) is 24.3 Å². The van der Waals surface area contributed by atoms with E-state index in [4.69, 9.17) is 5.73 Å². The summed E-state index contributed by atoms with van der Waals surface area (Å²) in [5, 5.41) is 3.67. The minimum absolute atomic E-state index is 0.0399. The average molecular weight is 253 g/mol. The molecule has 1 atom stereocenters. The van der Waals surface area contributed by atoms with Crippen molar-refractivity contribution in [1.29, 1.82) is 0 Å². The SMILES string of the molecule is CCCNC(=O)CSc1ncccc1C(C)N. The summed E-state index contributed by atoms with van der Waals surface area (Å²) in [7, 11) is 0. The van der Waals surface area contributed by atoms with Crippen LogP contribution in [-0.4, -0.2) is 23.2 Å². The van der Waals surface area contributed by atoms with Crippen LogP contribution in [0.1, 0.15) is 31.9 Å². The van der Waals surface area contributed by atoms with Crippen LogP contribution in [0.4, 0.5) is 0 Å². The molecule has 1 amide bonds. The molecule has 0 saturated heterocycles. The highest BCUT2D eigenvalue weighted by Crippen LogP contribution is 2.23. The monoisotopic (exact) mass is 253 g/mol. The lowest BCUT2D eigenvalue weighted by atomic mass is 10.2. The number of rotatable bonds is 6. The third-order valence-corrected chi connectivity index (χ3v) is 3.22. The molecule has 0 spiro atoms. The van der Waals surface area contributed by atoms with E-state index in [-0.39, 0.29) is 11.9 Å². The Balaban J connectivity index is 2.54. The van der Waals surface area contributed by atoms with Crippen molar-refractivity contribution in [1.82, 2.24) is 10.3 Å². The zero-order valence-corrected chi connectivity index (χ0v) is 11.1. The van der Waals surface area contributed by atoms with Crippen molar-refractivity contribution in [2.24, 2.45) is 5.73 Å². The number of nitrogens with two attached hydrogens (primary N) is 1. The molecular weight excluding hydrogens is 234 g/mol. The number of carbonyl (C=O) groups excluding carboxylic acids is 1. The van der Waals surface area contributed by atoms with Crippen LogP contribution < -0.4 is 11.1 Å². The summed E-state index contributed by atoms with van der Waals surface area (Å²) in [6, 6.07) is 3.74. The van der Waals surface area contributed by atoms with E-state index in [2.05, 4.69) is 10.3 Å². The van der Waals surface area contributed by atoms with Crippen molar-refractivity contribution in [3.63, 3.8) is 0 Å². The van der Waals surface area contributed by atoms with E-state index in [1.807, 2.05) is 26.0 Å². The molecule has 0 aliphatic heterocycles. The first-order valence-corrected chi connectivity index (χ1v) is 6.73. The van der Waals surface area contributed by atoms with E-state index in [0.717, 1.165) is 23.6 Å². The number of hydrogen-bond donors (Lipinski definition) is 2. The first kappa shape index (κ1) is 14.0. The van der Waals surface area contributed by atoms with Crippen LogP contribution >= 0.6 is 11.8 Å². The molecule has 1 aromatic heterocycles. The second kappa shape index (κ2) is 7.29. The minimum Gasteiger partial charge on any atom is -0.355 e. The Bertz CT molecular complexity index is 369. The molecule has 0 bridgehead atoms. The van der Waals surface area contributed by atoms with Crippen LogP contribution in [0.5, 0.6) is 0 Å². The van der Waals surface area contributed by atoms with Gasteiger partial charge in [-0.05, 0) is 19.4 Å². The number of thioether (sulfide) groups is 1. The molecule has 1 unspecified atom stereocenters. The Hall–Kier alpha value is -1.07. The molecule has 0 aromatic carbocycles. The van der Waals surface area contributed by atoms with E-state index >= 15 is 0 Å². The highest BCUT2D eigenvalue weighted by atomic mass is 32.2. The van der Waals surface area contributed by atoms with Gasteiger partial charge in [-0.2, -0.15) is 0 Å². The summed E-state index contributed by atoms with van der Waals surface area (Å²) < 4.78 is 0. The smallest absolute Gasteiger partial charge is 0.230 e. The van der Waals surface area contributed by atoms with Gasteiger partial charge in [0.15, 0.2) is 0 Å². The third-order valence-electron chi connectivity index (χ3n) is 2.20. The molecule has 5 heteroatoms. The fraction of sp³-hybridized carbons (Fsp3) is 0.500. The Morgan fingerprint density at radius 3 is 3.06 bits per heavy atom. The first-order valence-electron chi connectivity index (χ1n) is 5.75. The summed E-state index contributed by atoms with van der Waals surface area (Å²) >= 11 is 1.43. The second-order valence-electron chi connectivity index (χ2n) is 3.83. The number of hydrogen-bond acceptors (Lipinski definition) is 4. The largest absolute Gasteiger partial charge is 0.355 e. The molecule has 4 nitrogen and oxygen atoms in total. The van der Waals surface area contributed by atoms with Crippen LogP contribution in [0.2, 0.25) is 0 Å². The molecule has 0 aliphatic carbocycles. The van der Waals surface area contributed by atoms with Gasteiger partial charge in [0.1, 0.15) is 5.03 Å². The summed E-state index contributed by atoms with van der Waals surface area (Å²) in [4.78, 5) is 15.7. The highest BCUT2D eigenvalue weighted by molar-refractivity contribution is 7.99. The third kappa shape index (κ3) is 4.75. The van der Waals surface area contributed by atoms with Crippen LogP contribution in [0.25, 0.3) is 0 Å². The Morgan fingerprint density at radius 1 is 1.65 bits per heavy atom. The van der Waals surface area contributed by atoms with Gasteiger partial charge >= 0.3 is 0 Å². The molecule has 1 heterocycles. The summed E-state index contributed by atoms with van der Waals surface area (Å²) in [5.41, 5.74) is 6.83. The van der Waals surface area contributed by atoms with Gasteiger partial charge in [0.05, 0.1) is 5.75 Å². The Morgan fingerprint density at radius 2 is 2.41 bits per heavy atom. The zero-order valence-electron chi connectivity index (χ0n) is 10.3. The van der Waals surface area contributed by atoms with Crippen molar-refractivity contribution in [2.75, 3.05) is 12.3 Å². The molecule has 0 fully saturated rings. The van der Waals surface area contributed by atoms with E-state index in [1.165, 1.54) is 11.8 Å². The average Bonchev–Trinajstić information content (AvgIpc) is 2.34. The molecule has 0 radical (unpaired) electrons. The van der Waals surface area contributed by atoms with E-state index < -0.39 is 0 Å². The predicted molar refractivity (Wildman–Crippen MR) is 70.9 cm³/mol. The number of pyridine rings is 1. The molecule has 0 saturated carbocycles. The lowest BCUT2D eigenvalue weighted by Crippen LogP contribution is -2.25. The van der Waals surface area contributed by atoms with Gasteiger partial charge in [0.25, 0.3) is 0 Å². The van der Waals surface area contributed by atoms with Crippen LogP contribution in [0.15, 0.2) is 23.4 Å². The van der Waals surface area contributed by atoms with Crippen LogP contribution in [0, 0.1) is 0 Å². The Kier molecular flexibility index (Phi) is 6.00. The van der Waals surface area contributed by atoms with Gasteiger partial charge in [-0.3, -0.25) is 4.79 Å². The molecule has 94 valence electrons. The summed E-state index contributed by atoms with van der Waals surface area (Å²) in [5.74, 6) is 0.426. The maximum atomic E-state index is 11.5. The molecule has 17 heavy (non-hydrogen) atoms. The van der Waals surface area contributed by atoms with Crippen molar-refractivity contribution in [3.05, 3.63) is 23.9 Å².